The third-order valence-electron chi connectivity index (χ3n) is 2.44. The lowest BCUT2D eigenvalue weighted by atomic mass is 10.1. The molecule has 1 aromatic carbocycles. The van der Waals surface area contributed by atoms with Crippen molar-refractivity contribution in [2.45, 2.75) is 19.4 Å². The van der Waals surface area contributed by atoms with Crippen LogP contribution in [0.1, 0.15) is 12.5 Å². The Bertz CT molecular complexity index is 389. The zero-order valence-electron chi connectivity index (χ0n) is 10.6. The average molecular weight is 250 g/mol. The van der Waals surface area contributed by atoms with Crippen molar-refractivity contribution in [3.63, 3.8) is 0 Å². The van der Waals surface area contributed by atoms with E-state index in [1.54, 1.807) is 18.2 Å². The second kappa shape index (κ2) is 7.61. The lowest BCUT2D eigenvalue weighted by Gasteiger charge is -2.14. The fourth-order valence-corrected chi connectivity index (χ4v) is 1.64. The topological polar surface area (TPSA) is 41.1 Å². The van der Waals surface area contributed by atoms with E-state index in [-0.39, 0.29) is 24.3 Å². The van der Waals surface area contributed by atoms with E-state index in [1.165, 1.54) is 12.1 Å². The summed E-state index contributed by atoms with van der Waals surface area (Å²) in [7, 11) is 0. The number of carbonyl (C=O) groups is 1. The number of hydrogen-bond donors (Lipinski definition) is 2. The number of carbonyl (C=O) groups excluding carboxylic acids is 1. The highest BCUT2D eigenvalue weighted by molar-refractivity contribution is 5.78. The zero-order valence-corrected chi connectivity index (χ0v) is 10.6. The van der Waals surface area contributed by atoms with E-state index >= 15 is 0 Å². The number of hydrogen-bond acceptors (Lipinski definition) is 2. The Balaban J connectivity index is 2.32. The van der Waals surface area contributed by atoms with Crippen LogP contribution in [0.5, 0.6) is 0 Å². The van der Waals surface area contributed by atoms with Crippen LogP contribution in [0.15, 0.2) is 36.9 Å². The van der Waals surface area contributed by atoms with Gasteiger partial charge in [-0.2, -0.15) is 0 Å². The smallest absolute Gasteiger partial charge is 0.234 e. The van der Waals surface area contributed by atoms with Gasteiger partial charge in [-0.15, -0.1) is 6.58 Å². The summed E-state index contributed by atoms with van der Waals surface area (Å²) in [4.78, 5) is 11.5. The van der Waals surface area contributed by atoms with Crippen molar-refractivity contribution < 1.29 is 9.18 Å². The van der Waals surface area contributed by atoms with Gasteiger partial charge in [-0.05, 0) is 31.0 Å². The quantitative estimate of drug-likeness (QED) is 0.570. The Morgan fingerprint density at radius 1 is 1.44 bits per heavy atom. The van der Waals surface area contributed by atoms with Crippen LogP contribution >= 0.6 is 0 Å². The number of rotatable bonds is 7. The molecule has 0 aliphatic heterocycles. The predicted molar refractivity (Wildman–Crippen MR) is 70.8 cm³/mol. The van der Waals surface area contributed by atoms with Gasteiger partial charge in [0.05, 0.1) is 6.54 Å². The predicted octanol–water partition coefficient (Wildman–Crippen LogP) is 1.65. The van der Waals surface area contributed by atoms with E-state index in [4.69, 9.17) is 0 Å². The third-order valence-corrected chi connectivity index (χ3v) is 2.44. The van der Waals surface area contributed by atoms with Gasteiger partial charge < -0.3 is 10.6 Å². The number of halogens is 1. The summed E-state index contributed by atoms with van der Waals surface area (Å²) in [6, 6.07) is 6.33. The van der Waals surface area contributed by atoms with Gasteiger partial charge >= 0.3 is 0 Å². The van der Waals surface area contributed by atoms with Gasteiger partial charge in [-0.25, -0.2) is 4.39 Å². The van der Waals surface area contributed by atoms with Gasteiger partial charge in [0.1, 0.15) is 5.82 Å². The number of nitrogens with one attached hydrogen (secondary N) is 2. The highest BCUT2D eigenvalue weighted by Gasteiger charge is 2.07. The standard InChI is InChI=1S/C14H19FN2O/c1-3-8-16-10-14(18)17-11(2)9-12-4-6-13(15)7-5-12/h3-7,11,16H,1,8-10H2,2H3,(H,17,18). The first-order valence-electron chi connectivity index (χ1n) is 5.97. The molecule has 1 aromatic rings. The maximum absolute atomic E-state index is 12.7. The minimum absolute atomic E-state index is 0.0218. The lowest BCUT2D eigenvalue weighted by Crippen LogP contribution is -2.40. The Morgan fingerprint density at radius 2 is 2.11 bits per heavy atom. The average Bonchev–Trinajstić information content (AvgIpc) is 2.32. The van der Waals surface area contributed by atoms with Crippen LogP contribution in [0.2, 0.25) is 0 Å². The van der Waals surface area contributed by atoms with E-state index in [9.17, 15) is 9.18 Å². The van der Waals surface area contributed by atoms with Gasteiger partial charge in [0, 0.05) is 12.6 Å². The Hall–Kier alpha value is -1.68. The maximum Gasteiger partial charge on any atom is 0.234 e. The molecule has 1 rings (SSSR count). The molecule has 1 unspecified atom stereocenters. The van der Waals surface area contributed by atoms with Crippen LogP contribution < -0.4 is 10.6 Å². The van der Waals surface area contributed by atoms with Crippen LogP contribution in [0.25, 0.3) is 0 Å². The molecule has 0 heterocycles. The molecular formula is C14H19FN2O. The van der Waals surface area contributed by atoms with E-state index in [1.807, 2.05) is 6.92 Å². The number of benzene rings is 1. The summed E-state index contributed by atoms with van der Waals surface area (Å²) in [6.45, 7) is 6.37. The molecule has 0 aromatic heterocycles. The maximum atomic E-state index is 12.7. The van der Waals surface area contributed by atoms with E-state index in [2.05, 4.69) is 17.2 Å². The molecule has 98 valence electrons. The van der Waals surface area contributed by atoms with Crippen molar-refractivity contribution in [3.05, 3.63) is 48.3 Å². The molecule has 1 amide bonds. The van der Waals surface area contributed by atoms with Crippen LogP contribution in [0.4, 0.5) is 4.39 Å². The molecule has 0 aliphatic rings. The van der Waals surface area contributed by atoms with Crippen molar-refractivity contribution in [2.24, 2.45) is 0 Å². The van der Waals surface area contributed by atoms with Crippen molar-refractivity contribution in [1.82, 2.24) is 10.6 Å². The molecule has 0 saturated heterocycles. The van der Waals surface area contributed by atoms with Gasteiger partial charge in [-0.3, -0.25) is 4.79 Å². The fraction of sp³-hybridized carbons (Fsp3) is 0.357. The minimum atomic E-state index is -0.246. The van der Waals surface area contributed by atoms with Crippen LogP contribution in [-0.2, 0) is 11.2 Å². The monoisotopic (exact) mass is 250 g/mol. The molecule has 0 fully saturated rings. The van der Waals surface area contributed by atoms with Crippen molar-refractivity contribution >= 4 is 5.91 Å². The summed E-state index contributed by atoms with van der Waals surface area (Å²) < 4.78 is 12.7. The van der Waals surface area contributed by atoms with E-state index < -0.39 is 0 Å². The van der Waals surface area contributed by atoms with Gasteiger partial charge in [-0.1, -0.05) is 18.2 Å². The normalized spacial score (nSPS) is 11.9. The van der Waals surface area contributed by atoms with Crippen molar-refractivity contribution in [1.29, 1.82) is 0 Å². The molecular weight excluding hydrogens is 231 g/mol. The van der Waals surface area contributed by atoms with E-state index in [0.717, 1.165) is 5.56 Å². The molecule has 0 spiro atoms. The highest BCUT2D eigenvalue weighted by Crippen LogP contribution is 2.05. The second-order valence-corrected chi connectivity index (χ2v) is 4.22. The van der Waals surface area contributed by atoms with Gasteiger partial charge in [0.25, 0.3) is 0 Å². The highest BCUT2D eigenvalue weighted by atomic mass is 19.1. The van der Waals surface area contributed by atoms with E-state index in [0.29, 0.717) is 13.0 Å². The Kier molecular flexibility index (Phi) is 6.08. The third kappa shape index (κ3) is 5.59. The summed E-state index contributed by atoms with van der Waals surface area (Å²) in [5.74, 6) is -0.296. The Morgan fingerprint density at radius 3 is 2.72 bits per heavy atom. The molecule has 1 atom stereocenters. The molecule has 0 bridgehead atoms. The molecule has 0 radical (unpaired) electrons. The second-order valence-electron chi connectivity index (χ2n) is 4.22. The largest absolute Gasteiger partial charge is 0.352 e. The van der Waals surface area contributed by atoms with Crippen LogP contribution in [-0.4, -0.2) is 25.0 Å². The van der Waals surface area contributed by atoms with Gasteiger partial charge in [0.15, 0.2) is 0 Å². The summed E-state index contributed by atoms with van der Waals surface area (Å²) in [6.07, 6.45) is 2.39. The first-order valence-corrected chi connectivity index (χ1v) is 5.97. The summed E-state index contributed by atoms with van der Waals surface area (Å²) in [5.41, 5.74) is 1.00. The molecule has 0 saturated carbocycles. The Labute approximate surface area is 107 Å². The van der Waals surface area contributed by atoms with Crippen molar-refractivity contribution in [3.8, 4) is 0 Å². The van der Waals surface area contributed by atoms with Crippen LogP contribution in [0.3, 0.4) is 0 Å². The molecule has 2 N–H and O–H groups in total. The van der Waals surface area contributed by atoms with Crippen LogP contribution in [0, 0.1) is 5.82 Å². The fourth-order valence-electron chi connectivity index (χ4n) is 1.64. The molecule has 18 heavy (non-hydrogen) atoms. The SMILES string of the molecule is C=CCNCC(=O)NC(C)Cc1ccc(F)cc1. The summed E-state index contributed by atoms with van der Waals surface area (Å²) in [5, 5.41) is 5.80. The lowest BCUT2D eigenvalue weighted by molar-refractivity contribution is -0.120. The molecule has 0 aliphatic carbocycles. The van der Waals surface area contributed by atoms with Gasteiger partial charge in [0.2, 0.25) is 5.91 Å². The first kappa shape index (κ1) is 14.4. The molecule has 3 nitrogen and oxygen atoms in total. The number of amides is 1. The summed E-state index contributed by atoms with van der Waals surface area (Å²) >= 11 is 0. The van der Waals surface area contributed by atoms with Crippen molar-refractivity contribution in [2.75, 3.05) is 13.1 Å². The minimum Gasteiger partial charge on any atom is -0.352 e. The first-order chi connectivity index (χ1) is 8.61. The zero-order chi connectivity index (χ0) is 13.4. The molecule has 4 heteroatoms.